The summed E-state index contributed by atoms with van der Waals surface area (Å²) < 4.78 is 7.07. The van der Waals surface area contributed by atoms with Gasteiger partial charge < -0.3 is 20.3 Å². The van der Waals surface area contributed by atoms with Gasteiger partial charge in [0.15, 0.2) is 11.8 Å². The second-order valence-corrected chi connectivity index (χ2v) is 7.55. The number of nitrogens with one attached hydrogen (secondary N) is 2. The smallest absolute Gasteiger partial charge is 0.243 e. The molecule has 0 saturated heterocycles. The van der Waals surface area contributed by atoms with Crippen LogP contribution in [-0.2, 0) is 35.5 Å². The number of fused-ring (bicyclic) bond motifs is 1. The van der Waals surface area contributed by atoms with E-state index in [0.717, 1.165) is 31.6 Å². The number of rotatable bonds is 8. The quantitative estimate of drug-likeness (QED) is 0.297. The molecule has 1 atom stereocenters. The molecule has 1 aliphatic heterocycles. The predicted octanol–water partition coefficient (Wildman–Crippen LogP) is 1.22. The van der Waals surface area contributed by atoms with Crippen LogP contribution in [0.3, 0.4) is 0 Å². The number of aliphatic imine (C=N–C) groups is 1. The van der Waals surface area contributed by atoms with Crippen molar-refractivity contribution in [3.8, 4) is 0 Å². The van der Waals surface area contributed by atoms with Crippen LogP contribution in [0.1, 0.15) is 23.6 Å². The van der Waals surface area contributed by atoms with Gasteiger partial charge in [-0.1, -0.05) is 30.3 Å². The number of methoxy groups -OCH3 is 1. The van der Waals surface area contributed by atoms with Gasteiger partial charge in [0.05, 0.1) is 6.54 Å². The van der Waals surface area contributed by atoms with Crippen molar-refractivity contribution >= 4 is 35.8 Å². The van der Waals surface area contributed by atoms with E-state index in [1.807, 2.05) is 22.9 Å². The molecule has 1 aromatic heterocycles. The minimum absolute atomic E-state index is 0. The first-order chi connectivity index (χ1) is 14.5. The molecule has 2 aromatic rings. The maximum Gasteiger partial charge on any atom is 0.243 e. The van der Waals surface area contributed by atoms with Crippen molar-refractivity contribution in [2.45, 2.75) is 38.5 Å². The van der Waals surface area contributed by atoms with Gasteiger partial charge in [0.25, 0.3) is 0 Å². The van der Waals surface area contributed by atoms with E-state index in [9.17, 15) is 4.79 Å². The molecule has 1 aliphatic rings. The van der Waals surface area contributed by atoms with Crippen molar-refractivity contribution in [1.29, 1.82) is 0 Å². The Kier molecular flexibility index (Phi) is 10.2. The van der Waals surface area contributed by atoms with Crippen LogP contribution in [0.25, 0.3) is 0 Å². The van der Waals surface area contributed by atoms with Crippen molar-refractivity contribution in [3.63, 3.8) is 0 Å². The molecule has 0 spiro atoms. The fraction of sp³-hybridized carbons (Fsp3) is 0.524. The number of hydrogen-bond acceptors (Lipinski definition) is 5. The Bertz CT molecular complexity index is 855. The van der Waals surface area contributed by atoms with Gasteiger partial charge in [0, 0.05) is 40.2 Å². The van der Waals surface area contributed by atoms with Gasteiger partial charge in [-0.2, -0.15) is 5.10 Å². The number of guanidine groups is 1. The number of amides is 1. The zero-order chi connectivity index (χ0) is 21.3. The third-order valence-electron chi connectivity index (χ3n) is 4.94. The number of nitrogens with zero attached hydrogens (tertiary/aromatic N) is 5. The zero-order valence-electron chi connectivity index (χ0n) is 18.4. The van der Waals surface area contributed by atoms with Gasteiger partial charge >= 0.3 is 0 Å². The summed E-state index contributed by atoms with van der Waals surface area (Å²) in [5.41, 5.74) is 1.25. The van der Waals surface area contributed by atoms with Crippen LogP contribution in [-0.4, -0.2) is 71.9 Å². The van der Waals surface area contributed by atoms with Crippen LogP contribution in [0.5, 0.6) is 0 Å². The van der Waals surface area contributed by atoms with Crippen molar-refractivity contribution in [3.05, 3.63) is 47.5 Å². The highest BCUT2D eigenvalue weighted by Gasteiger charge is 2.22. The van der Waals surface area contributed by atoms with Crippen molar-refractivity contribution in [1.82, 2.24) is 30.3 Å². The molecule has 31 heavy (non-hydrogen) atoms. The zero-order valence-corrected chi connectivity index (χ0v) is 20.7. The molecule has 1 amide bonds. The van der Waals surface area contributed by atoms with Crippen molar-refractivity contribution in [2.24, 2.45) is 4.99 Å². The van der Waals surface area contributed by atoms with Crippen molar-refractivity contribution in [2.75, 3.05) is 34.3 Å². The number of benzene rings is 1. The lowest BCUT2D eigenvalue weighted by atomic mass is 10.1. The van der Waals surface area contributed by atoms with E-state index < -0.39 is 0 Å². The molecule has 2 N–H and O–H groups in total. The molecule has 0 bridgehead atoms. The van der Waals surface area contributed by atoms with E-state index in [4.69, 9.17) is 4.74 Å². The Balaban J connectivity index is 0.00000341. The molecule has 9 nitrogen and oxygen atoms in total. The highest BCUT2D eigenvalue weighted by Crippen LogP contribution is 2.13. The Morgan fingerprint density at radius 1 is 1.32 bits per heavy atom. The summed E-state index contributed by atoms with van der Waals surface area (Å²) in [7, 11) is 5.11. The van der Waals surface area contributed by atoms with Crippen LogP contribution in [0.4, 0.5) is 0 Å². The van der Waals surface area contributed by atoms with Gasteiger partial charge in [-0.05, 0) is 18.4 Å². The average Bonchev–Trinajstić information content (AvgIpc) is 3.14. The molecule has 1 unspecified atom stereocenters. The van der Waals surface area contributed by atoms with Crippen LogP contribution < -0.4 is 10.6 Å². The Morgan fingerprint density at radius 2 is 2.10 bits per heavy atom. The van der Waals surface area contributed by atoms with E-state index >= 15 is 0 Å². The number of likely N-dealkylation sites (N-methyl/N-ethyl adjacent to an activating group) is 1. The fourth-order valence-electron chi connectivity index (χ4n) is 3.27. The SMILES string of the molecule is COCc1nc2n(n1)CC(NC(=NCC(=O)N(C)C)NCCc1ccccc1)CC2.I. The number of aryl methyl sites for hydroxylation is 1. The van der Waals surface area contributed by atoms with Crippen LogP contribution in [0.15, 0.2) is 35.3 Å². The minimum Gasteiger partial charge on any atom is -0.377 e. The molecule has 1 aromatic carbocycles. The number of carbonyl (C=O) groups is 1. The van der Waals surface area contributed by atoms with Gasteiger partial charge in [-0.3, -0.25) is 4.79 Å². The summed E-state index contributed by atoms with van der Waals surface area (Å²) in [6.07, 6.45) is 2.63. The van der Waals surface area contributed by atoms with Crippen LogP contribution >= 0.6 is 24.0 Å². The molecular weight excluding hydrogens is 509 g/mol. The summed E-state index contributed by atoms with van der Waals surface area (Å²) >= 11 is 0. The van der Waals surface area contributed by atoms with E-state index in [1.165, 1.54) is 5.56 Å². The van der Waals surface area contributed by atoms with Gasteiger partial charge in [0.1, 0.15) is 19.0 Å². The second-order valence-electron chi connectivity index (χ2n) is 7.55. The van der Waals surface area contributed by atoms with Crippen molar-refractivity contribution < 1.29 is 9.53 Å². The highest BCUT2D eigenvalue weighted by atomic mass is 127. The standard InChI is InChI=1S/C21H31N7O2.HI/c1-27(2)20(29)13-23-21(22-12-11-16-7-5-4-6-8-16)24-17-9-10-19-25-18(15-30-3)26-28(19)14-17;/h4-8,17H,9-15H2,1-3H3,(H2,22,23,24);1H. The fourth-order valence-corrected chi connectivity index (χ4v) is 3.27. The third-order valence-corrected chi connectivity index (χ3v) is 4.94. The molecule has 0 fully saturated rings. The molecule has 2 heterocycles. The lowest BCUT2D eigenvalue weighted by molar-refractivity contribution is -0.127. The number of aromatic nitrogens is 3. The highest BCUT2D eigenvalue weighted by molar-refractivity contribution is 14.0. The lowest BCUT2D eigenvalue weighted by Crippen LogP contribution is -2.48. The minimum atomic E-state index is -0.0365. The molecule has 0 radical (unpaired) electrons. The van der Waals surface area contributed by atoms with Gasteiger partial charge in [-0.15, -0.1) is 24.0 Å². The van der Waals surface area contributed by atoms with Gasteiger partial charge in [-0.25, -0.2) is 14.7 Å². The lowest BCUT2D eigenvalue weighted by Gasteiger charge is -2.25. The number of halogens is 1. The molecular formula is C21H32IN7O2. The number of carbonyl (C=O) groups excluding carboxylic acids is 1. The molecule has 0 saturated carbocycles. The summed E-state index contributed by atoms with van der Waals surface area (Å²) in [6, 6.07) is 10.4. The number of hydrogen-bond donors (Lipinski definition) is 2. The van der Waals surface area contributed by atoms with E-state index in [-0.39, 0.29) is 42.5 Å². The normalized spacial score (nSPS) is 15.6. The summed E-state index contributed by atoms with van der Waals surface area (Å²) in [5, 5.41) is 11.3. The summed E-state index contributed by atoms with van der Waals surface area (Å²) in [4.78, 5) is 22.6. The molecule has 3 rings (SSSR count). The third kappa shape index (κ3) is 7.76. The summed E-state index contributed by atoms with van der Waals surface area (Å²) in [5.74, 6) is 2.30. The Labute approximate surface area is 200 Å². The molecule has 10 heteroatoms. The largest absolute Gasteiger partial charge is 0.377 e. The Hall–Kier alpha value is -2.21. The van der Waals surface area contributed by atoms with E-state index in [0.29, 0.717) is 24.9 Å². The van der Waals surface area contributed by atoms with E-state index in [1.54, 1.807) is 26.1 Å². The maximum absolute atomic E-state index is 12.0. The van der Waals surface area contributed by atoms with Crippen LogP contribution in [0.2, 0.25) is 0 Å². The van der Waals surface area contributed by atoms with E-state index in [2.05, 4.69) is 37.8 Å². The Morgan fingerprint density at radius 3 is 2.81 bits per heavy atom. The first kappa shape index (κ1) is 25.1. The monoisotopic (exact) mass is 541 g/mol. The van der Waals surface area contributed by atoms with Gasteiger partial charge in [0.2, 0.25) is 5.91 Å². The van der Waals surface area contributed by atoms with Crippen LogP contribution in [0, 0.1) is 0 Å². The summed E-state index contributed by atoms with van der Waals surface area (Å²) in [6.45, 7) is 1.95. The predicted molar refractivity (Wildman–Crippen MR) is 131 cm³/mol. The molecule has 0 aliphatic carbocycles. The molecule has 170 valence electrons. The average molecular weight is 541 g/mol. The maximum atomic E-state index is 12.0. The second kappa shape index (κ2) is 12.6. The topological polar surface area (TPSA) is 96.7 Å². The number of ether oxygens (including phenoxy) is 1. The first-order valence-electron chi connectivity index (χ1n) is 10.3. The first-order valence-corrected chi connectivity index (χ1v) is 10.3.